The molecule has 0 aliphatic heterocycles. The lowest BCUT2D eigenvalue weighted by Gasteiger charge is -2.02. The second-order valence-electron chi connectivity index (χ2n) is 4.41. The Kier molecular flexibility index (Phi) is 11.9. The third-order valence-electron chi connectivity index (χ3n) is 0.882. The number of hydrogen-bond acceptors (Lipinski definition) is 4. The van der Waals surface area contributed by atoms with Gasteiger partial charge in [0.2, 0.25) is 0 Å². The van der Waals surface area contributed by atoms with E-state index in [1.807, 2.05) is 0 Å². The van der Waals surface area contributed by atoms with Gasteiger partial charge < -0.3 is 19.4 Å². The van der Waals surface area contributed by atoms with Crippen LogP contribution >= 0.6 is 7.26 Å². The minimum Gasteiger partial charge on any atom is -0.550 e. The zero-order valence-electron chi connectivity index (χ0n) is 10.4. The van der Waals surface area contributed by atoms with Crippen LogP contribution in [0.2, 0.25) is 0 Å². The SMILES string of the molecule is COCCOCCC(=O)[O-].C[P+](C)(C)C. The van der Waals surface area contributed by atoms with Gasteiger partial charge in [-0.05, 0) is 0 Å². The highest BCUT2D eigenvalue weighted by Crippen LogP contribution is 2.40. The van der Waals surface area contributed by atoms with Crippen molar-refractivity contribution in [2.75, 3.05) is 53.6 Å². The van der Waals surface area contributed by atoms with Crippen molar-refractivity contribution in [3.05, 3.63) is 0 Å². The first kappa shape index (κ1) is 17.2. The van der Waals surface area contributed by atoms with Crippen LogP contribution in [-0.4, -0.2) is 59.6 Å². The monoisotopic (exact) mass is 238 g/mol. The summed E-state index contributed by atoms with van der Waals surface area (Å²) in [5, 5.41) is 9.81. The number of aliphatic carboxylic acids is 1. The Hall–Kier alpha value is -0.180. The molecule has 0 aliphatic rings. The molecule has 0 bridgehead atoms. The van der Waals surface area contributed by atoms with Crippen molar-refractivity contribution < 1.29 is 19.4 Å². The van der Waals surface area contributed by atoms with Crippen molar-refractivity contribution in [3.63, 3.8) is 0 Å². The Labute approximate surface area is 93.3 Å². The molecule has 0 saturated heterocycles. The quantitative estimate of drug-likeness (QED) is 0.493. The minimum atomic E-state index is -1.09. The third-order valence-corrected chi connectivity index (χ3v) is 0.882. The van der Waals surface area contributed by atoms with E-state index in [1.165, 1.54) is 0 Å². The van der Waals surface area contributed by atoms with E-state index in [4.69, 9.17) is 4.74 Å². The Morgan fingerprint density at radius 1 is 1.13 bits per heavy atom. The second-order valence-corrected chi connectivity index (χ2v) is 9.78. The summed E-state index contributed by atoms with van der Waals surface area (Å²) >= 11 is 0. The normalized spacial score (nSPS) is 10.5. The Morgan fingerprint density at radius 3 is 1.93 bits per heavy atom. The third kappa shape index (κ3) is 41.5. The summed E-state index contributed by atoms with van der Waals surface area (Å²) in [7, 11) is 1.17. The molecule has 0 amide bonds. The summed E-state index contributed by atoms with van der Waals surface area (Å²) in [5.74, 6) is -1.09. The van der Waals surface area contributed by atoms with Crippen LogP contribution < -0.4 is 5.11 Å². The predicted octanol–water partition coefficient (Wildman–Crippen LogP) is 0.313. The van der Waals surface area contributed by atoms with Crippen LogP contribution in [0.4, 0.5) is 0 Å². The number of carbonyl (C=O) groups excluding carboxylic acids is 1. The van der Waals surface area contributed by atoms with Gasteiger partial charge in [-0.25, -0.2) is 0 Å². The molecule has 0 aromatic carbocycles. The maximum absolute atomic E-state index is 9.81. The first-order valence-corrected chi connectivity index (χ1v) is 8.40. The Balaban J connectivity index is 0. The first-order chi connectivity index (χ1) is 6.77. The summed E-state index contributed by atoms with van der Waals surface area (Å²) in [5.41, 5.74) is 0. The summed E-state index contributed by atoms with van der Waals surface area (Å²) in [6.45, 7) is 10.3. The van der Waals surface area contributed by atoms with Gasteiger partial charge in [0, 0.05) is 53.4 Å². The topological polar surface area (TPSA) is 58.6 Å². The maximum Gasteiger partial charge on any atom is 0.0700 e. The molecule has 0 saturated carbocycles. The Bertz CT molecular complexity index is 148. The van der Waals surface area contributed by atoms with E-state index in [0.717, 1.165) is 0 Å². The van der Waals surface area contributed by atoms with Gasteiger partial charge in [0.05, 0.1) is 19.8 Å². The van der Waals surface area contributed by atoms with Gasteiger partial charge in [0.25, 0.3) is 0 Å². The van der Waals surface area contributed by atoms with E-state index in [2.05, 4.69) is 31.4 Å². The van der Waals surface area contributed by atoms with Crippen molar-refractivity contribution in [3.8, 4) is 0 Å². The van der Waals surface area contributed by atoms with Crippen molar-refractivity contribution in [2.45, 2.75) is 6.42 Å². The van der Waals surface area contributed by atoms with Gasteiger partial charge in [0.15, 0.2) is 0 Å². The highest BCUT2D eigenvalue weighted by atomic mass is 31.2. The van der Waals surface area contributed by atoms with Crippen LogP contribution in [0, 0.1) is 0 Å². The highest BCUT2D eigenvalue weighted by Gasteiger charge is 2.03. The van der Waals surface area contributed by atoms with E-state index in [0.29, 0.717) is 13.2 Å². The summed E-state index contributed by atoms with van der Waals surface area (Å²) in [6, 6.07) is 0. The largest absolute Gasteiger partial charge is 0.550 e. The van der Waals surface area contributed by atoms with Crippen LogP contribution in [0.25, 0.3) is 0 Å². The fourth-order valence-electron chi connectivity index (χ4n) is 0.400. The van der Waals surface area contributed by atoms with Gasteiger partial charge in [-0.1, -0.05) is 0 Å². The van der Waals surface area contributed by atoms with E-state index in [9.17, 15) is 9.90 Å². The van der Waals surface area contributed by atoms with Crippen LogP contribution in [0.3, 0.4) is 0 Å². The van der Waals surface area contributed by atoms with E-state index < -0.39 is 5.97 Å². The zero-order chi connectivity index (χ0) is 12.3. The molecule has 92 valence electrons. The summed E-state index contributed by atoms with van der Waals surface area (Å²) < 4.78 is 9.50. The summed E-state index contributed by atoms with van der Waals surface area (Å²) in [4.78, 5) is 9.81. The van der Waals surface area contributed by atoms with Crippen molar-refractivity contribution in [2.24, 2.45) is 0 Å². The number of carboxylic acid groups (broad SMARTS) is 1. The number of carboxylic acids is 1. The first-order valence-electron chi connectivity index (χ1n) is 4.82. The standard InChI is InChI=1S/C6H12O4.C4H12P/c1-9-4-5-10-3-2-6(7)8;1-5(2,3)4/h2-5H2,1H3,(H,7,8);1-4H3/q;+1/p-1. The molecule has 15 heavy (non-hydrogen) atoms. The molecule has 0 unspecified atom stereocenters. The van der Waals surface area contributed by atoms with Crippen molar-refractivity contribution >= 4 is 13.2 Å². The second kappa shape index (κ2) is 10.3. The molecule has 0 atom stereocenters. The lowest BCUT2D eigenvalue weighted by molar-refractivity contribution is -0.306. The molecular weight excluding hydrogens is 215 g/mol. The van der Waals surface area contributed by atoms with Gasteiger partial charge >= 0.3 is 0 Å². The minimum absolute atomic E-state index is 0.0519. The Morgan fingerprint density at radius 2 is 1.60 bits per heavy atom. The van der Waals surface area contributed by atoms with Gasteiger partial charge in [-0.3, -0.25) is 0 Å². The molecule has 0 aromatic rings. The number of methoxy groups -OCH3 is 1. The lowest BCUT2D eigenvalue weighted by atomic mass is 10.5. The zero-order valence-corrected chi connectivity index (χ0v) is 11.3. The van der Waals surface area contributed by atoms with Gasteiger partial charge in [0.1, 0.15) is 0 Å². The highest BCUT2D eigenvalue weighted by molar-refractivity contribution is 7.73. The molecular formula is C10H23O4P. The molecule has 0 aromatic heterocycles. The molecule has 0 fully saturated rings. The fourth-order valence-corrected chi connectivity index (χ4v) is 0.400. The average Bonchev–Trinajstić information content (AvgIpc) is 2.00. The van der Waals surface area contributed by atoms with Crippen LogP contribution in [0.15, 0.2) is 0 Å². The molecule has 5 heteroatoms. The van der Waals surface area contributed by atoms with Gasteiger partial charge in [-0.15, -0.1) is 0 Å². The predicted molar refractivity (Wildman–Crippen MR) is 62.9 cm³/mol. The van der Waals surface area contributed by atoms with Crippen LogP contribution in [0.1, 0.15) is 6.42 Å². The fraction of sp³-hybridized carbons (Fsp3) is 0.900. The molecule has 4 nitrogen and oxygen atoms in total. The van der Waals surface area contributed by atoms with Crippen LogP contribution in [0.5, 0.6) is 0 Å². The van der Waals surface area contributed by atoms with E-state index in [1.54, 1.807) is 7.11 Å². The molecule has 0 heterocycles. The van der Waals surface area contributed by atoms with Crippen molar-refractivity contribution in [1.29, 1.82) is 0 Å². The summed E-state index contributed by atoms with van der Waals surface area (Å²) in [6.07, 6.45) is -0.0519. The maximum atomic E-state index is 9.81. The number of carbonyl (C=O) groups is 1. The van der Waals surface area contributed by atoms with E-state index in [-0.39, 0.29) is 20.3 Å². The lowest BCUT2D eigenvalue weighted by Crippen LogP contribution is -2.23. The number of hydrogen-bond donors (Lipinski definition) is 0. The number of rotatable bonds is 6. The average molecular weight is 238 g/mol. The smallest absolute Gasteiger partial charge is 0.0700 e. The van der Waals surface area contributed by atoms with Gasteiger partial charge in [-0.2, -0.15) is 0 Å². The van der Waals surface area contributed by atoms with Crippen molar-refractivity contribution in [1.82, 2.24) is 0 Å². The molecule has 0 radical (unpaired) electrons. The molecule has 0 aliphatic carbocycles. The number of ether oxygens (including phenoxy) is 2. The molecule has 0 spiro atoms. The van der Waals surface area contributed by atoms with Crippen LogP contribution in [-0.2, 0) is 14.3 Å². The molecule has 0 N–H and O–H groups in total. The van der Waals surface area contributed by atoms with E-state index >= 15 is 0 Å². The molecule has 0 rings (SSSR count).